The van der Waals surface area contributed by atoms with Crippen molar-refractivity contribution in [3.8, 4) is 0 Å². The summed E-state index contributed by atoms with van der Waals surface area (Å²) in [5.41, 5.74) is 7.69. The maximum Gasteiger partial charge on any atom is 0.266 e. The average molecular weight is 470 g/mol. The Balaban J connectivity index is 1.44. The molecule has 0 spiro atoms. The molecule has 8 nitrogen and oxygen atoms in total. The van der Waals surface area contributed by atoms with Crippen molar-refractivity contribution in [2.24, 2.45) is 5.73 Å². The number of nitrogens with one attached hydrogen (secondary N) is 1. The normalized spacial score (nSPS) is 19.7. The second kappa shape index (κ2) is 7.96. The summed E-state index contributed by atoms with van der Waals surface area (Å²) in [7, 11) is 0. The zero-order valence-corrected chi connectivity index (χ0v) is 18.2. The minimum absolute atomic E-state index is 0.0367. The van der Waals surface area contributed by atoms with Crippen LogP contribution in [0.4, 0.5) is 17.5 Å². The Hall–Kier alpha value is -2.52. The molecule has 0 aromatic carbocycles. The van der Waals surface area contributed by atoms with Gasteiger partial charge in [-0.1, -0.05) is 12.8 Å². The summed E-state index contributed by atoms with van der Waals surface area (Å²) in [6, 6.07) is 6.15. The second-order valence-electron chi connectivity index (χ2n) is 8.10. The summed E-state index contributed by atoms with van der Waals surface area (Å²) in [6.45, 7) is 1.81. The number of hydrogen-bond donors (Lipinski definition) is 2. The smallest absolute Gasteiger partial charge is 0.266 e. The molecule has 2 fully saturated rings. The van der Waals surface area contributed by atoms with Gasteiger partial charge in [0.25, 0.3) is 5.56 Å². The van der Waals surface area contributed by atoms with Gasteiger partial charge in [-0.3, -0.25) is 9.36 Å². The van der Waals surface area contributed by atoms with Crippen LogP contribution in [0.2, 0.25) is 0 Å². The molecule has 0 bridgehead atoms. The van der Waals surface area contributed by atoms with Gasteiger partial charge in [-0.05, 0) is 53.4 Å². The summed E-state index contributed by atoms with van der Waals surface area (Å²) >= 11 is 3.40. The number of halogens is 1. The highest BCUT2D eigenvalue weighted by Crippen LogP contribution is 2.31. The van der Waals surface area contributed by atoms with Gasteiger partial charge in [-0.2, -0.15) is 4.98 Å². The number of aromatic nitrogens is 4. The number of hydrogen-bond acceptors (Lipinski definition) is 7. The molecule has 1 aliphatic carbocycles. The number of nitrogens with zero attached hydrogens (tertiary/aromatic N) is 5. The molecule has 3 aromatic rings. The molecule has 5 rings (SSSR count). The van der Waals surface area contributed by atoms with E-state index in [1.54, 1.807) is 12.3 Å². The van der Waals surface area contributed by atoms with Gasteiger partial charge >= 0.3 is 0 Å². The van der Waals surface area contributed by atoms with Gasteiger partial charge in [0.05, 0.1) is 16.4 Å². The molecule has 1 unspecified atom stereocenters. The largest absolute Gasteiger partial charge is 0.369 e. The van der Waals surface area contributed by atoms with E-state index in [-0.39, 0.29) is 17.6 Å². The van der Waals surface area contributed by atoms with Crippen LogP contribution in [0.3, 0.4) is 0 Å². The van der Waals surface area contributed by atoms with Gasteiger partial charge in [0, 0.05) is 36.8 Å². The topological polar surface area (TPSA) is 102 Å². The van der Waals surface area contributed by atoms with E-state index < -0.39 is 0 Å². The van der Waals surface area contributed by atoms with Gasteiger partial charge in [0.2, 0.25) is 5.95 Å². The molecule has 4 heterocycles. The Kier molecular flexibility index (Phi) is 5.16. The number of pyridine rings is 2. The van der Waals surface area contributed by atoms with Crippen molar-refractivity contribution in [1.82, 2.24) is 19.5 Å². The molecule has 1 aliphatic heterocycles. The van der Waals surface area contributed by atoms with E-state index in [0.29, 0.717) is 21.9 Å². The third kappa shape index (κ3) is 3.67. The highest BCUT2D eigenvalue weighted by molar-refractivity contribution is 9.10. The first kappa shape index (κ1) is 19.4. The Bertz CT molecular complexity index is 1120. The summed E-state index contributed by atoms with van der Waals surface area (Å²) in [4.78, 5) is 28.7. The van der Waals surface area contributed by atoms with Gasteiger partial charge in [0.1, 0.15) is 11.5 Å². The van der Waals surface area contributed by atoms with E-state index in [2.05, 4.69) is 41.1 Å². The second-order valence-corrected chi connectivity index (χ2v) is 8.95. The first-order valence-electron chi connectivity index (χ1n) is 10.4. The summed E-state index contributed by atoms with van der Waals surface area (Å²) in [5, 5.41) is 4.01. The van der Waals surface area contributed by atoms with Gasteiger partial charge in [-0.25, -0.2) is 9.97 Å². The Morgan fingerprint density at radius 3 is 2.67 bits per heavy atom. The predicted octanol–water partition coefficient (Wildman–Crippen LogP) is 3.35. The van der Waals surface area contributed by atoms with E-state index in [4.69, 9.17) is 5.73 Å². The molecule has 156 valence electrons. The lowest BCUT2D eigenvalue weighted by molar-refractivity contribution is 0.514. The fourth-order valence-corrected chi connectivity index (χ4v) is 4.87. The third-order valence-corrected chi connectivity index (χ3v) is 6.56. The van der Waals surface area contributed by atoms with Crippen LogP contribution >= 0.6 is 15.9 Å². The maximum atomic E-state index is 12.8. The van der Waals surface area contributed by atoms with Crippen molar-refractivity contribution in [3.63, 3.8) is 0 Å². The van der Waals surface area contributed by atoms with Crippen molar-refractivity contribution in [2.75, 3.05) is 23.3 Å². The van der Waals surface area contributed by atoms with Gasteiger partial charge in [-0.15, -0.1) is 0 Å². The summed E-state index contributed by atoms with van der Waals surface area (Å²) in [5.74, 6) is 1.09. The molecule has 1 saturated carbocycles. The highest BCUT2D eigenvalue weighted by Gasteiger charge is 2.22. The van der Waals surface area contributed by atoms with E-state index in [0.717, 1.165) is 56.3 Å². The maximum absolute atomic E-state index is 12.8. The van der Waals surface area contributed by atoms with Crippen LogP contribution in [0.5, 0.6) is 0 Å². The zero-order valence-electron chi connectivity index (χ0n) is 16.6. The van der Waals surface area contributed by atoms with Crippen LogP contribution in [0, 0.1) is 0 Å². The molecule has 30 heavy (non-hydrogen) atoms. The molecule has 1 saturated heterocycles. The number of anilines is 3. The predicted molar refractivity (Wildman–Crippen MR) is 121 cm³/mol. The van der Waals surface area contributed by atoms with E-state index >= 15 is 0 Å². The van der Waals surface area contributed by atoms with Crippen molar-refractivity contribution in [1.29, 1.82) is 0 Å². The standard InChI is InChI=1S/C21H24BrN7O/c22-17-9-13-10-25-21(27-19(13)29(20(17)30)15-3-1-2-4-15)26-18-6-5-16(11-24-18)28-8-7-14(23)12-28/h5-6,9-11,14-15H,1-4,7-8,12,23H2,(H,24,25,26,27). The molecule has 1 atom stereocenters. The Morgan fingerprint density at radius 1 is 1.13 bits per heavy atom. The molecule has 2 aliphatic rings. The summed E-state index contributed by atoms with van der Waals surface area (Å²) in [6.07, 6.45) is 8.87. The fourth-order valence-electron chi connectivity index (χ4n) is 4.43. The van der Waals surface area contributed by atoms with Gasteiger partial charge in [0.15, 0.2) is 0 Å². The van der Waals surface area contributed by atoms with Crippen LogP contribution in [0.15, 0.2) is 39.9 Å². The molecule has 3 aromatic heterocycles. The van der Waals surface area contributed by atoms with Crippen LogP contribution in [0.1, 0.15) is 38.1 Å². The Labute approximate surface area is 182 Å². The minimum atomic E-state index is -0.0367. The number of rotatable bonds is 4. The van der Waals surface area contributed by atoms with Crippen molar-refractivity contribution < 1.29 is 0 Å². The number of nitrogens with two attached hydrogens (primary N) is 1. The van der Waals surface area contributed by atoms with Crippen LogP contribution in [-0.4, -0.2) is 38.7 Å². The number of fused-ring (bicyclic) bond motifs is 1. The Morgan fingerprint density at radius 2 is 1.97 bits per heavy atom. The van der Waals surface area contributed by atoms with Crippen molar-refractivity contribution in [3.05, 3.63) is 45.4 Å². The monoisotopic (exact) mass is 469 g/mol. The molecule has 0 amide bonds. The van der Waals surface area contributed by atoms with Crippen LogP contribution in [0.25, 0.3) is 11.0 Å². The molecule has 0 radical (unpaired) electrons. The van der Waals surface area contributed by atoms with Crippen LogP contribution in [-0.2, 0) is 0 Å². The fraction of sp³-hybridized carbons (Fsp3) is 0.429. The quantitative estimate of drug-likeness (QED) is 0.603. The van der Waals surface area contributed by atoms with Crippen LogP contribution < -0.4 is 21.5 Å². The summed E-state index contributed by atoms with van der Waals surface area (Å²) < 4.78 is 2.37. The first-order chi connectivity index (χ1) is 14.6. The first-order valence-corrected chi connectivity index (χ1v) is 11.2. The molecular formula is C21H24BrN7O. The third-order valence-electron chi connectivity index (χ3n) is 6.00. The van der Waals surface area contributed by atoms with Crippen molar-refractivity contribution in [2.45, 2.75) is 44.2 Å². The highest BCUT2D eigenvalue weighted by atomic mass is 79.9. The zero-order chi connectivity index (χ0) is 20.7. The van der Waals surface area contributed by atoms with E-state index in [1.165, 1.54) is 0 Å². The van der Waals surface area contributed by atoms with E-state index in [9.17, 15) is 4.79 Å². The lowest BCUT2D eigenvalue weighted by Gasteiger charge is -2.18. The average Bonchev–Trinajstić information content (AvgIpc) is 3.42. The van der Waals surface area contributed by atoms with Crippen molar-refractivity contribution >= 4 is 44.4 Å². The molecular weight excluding hydrogens is 446 g/mol. The lowest BCUT2D eigenvalue weighted by Crippen LogP contribution is -2.26. The minimum Gasteiger partial charge on any atom is -0.369 e. The van der Waals surface area contributed by atoms with Gasteiger partial charge < -0.3 is 16.0 Å². The lowest BCUT2D eigenvalue weighted by atomic mass is 10.2. The SMILES string of the molecule is NC1CCN(c2ccc(Nc3ncc4cc(Br)c(=O)n(C5CCCC5)c4n3)nc2)C1. The van der Waals surface area contributed by atoms with E-state index in [1.807, 2.05) is 22.9 Å². The molecule has 3 N–H and O–H groups in total. The molecule has 9 heteroatoms.